The van der Waals surface area contributed by atoms with E-state index in [-0.39, 0.29) is 0 Å². The predicted molar refractivity (Wildman–Crippen MR) is 104 cm³/mol. The van der Waals surface area contributed by atoms with E-state index in [0.717, 1.165) is 41.2 Å². The van der Waals surface area contributed by atoms with E-state index in [2.05, 4.69) is 35.4 Å². The molecule has 25 heavy (non-hydrogen) atoms. The smallest absolute Gasteiger partial charge is 0.128 e. The quantitative estimate of drug-likeness (QED) is 0.572. The van der Waals surface area contributed by atoms with Crippen molar-refractivity contribution >= 4 is 22.5 Å². The fraction of sp³-hybridized carbons (Fsp3) is 0.286. The number of aromatic nitrogens is 1. The Morgan fingerprint density at radius 2 is 1.92 bits per heavy atom. The number of nitrogens with zero attached hydrogens (tertiary/aromatic N) is 1. The summed E-state index contributed by atoms with van der Waals surface area (Å²) < 4.78 is 6.03. The van der Waals surface area contributed by atoms with Crippen LogP contribution in [-0.2, 0) is 6.54 Å². The molecule has 0 saturated carbocycles. The van der Waals surface area contributed by atoms with E-state index in [0.29, 0.717) is 12.5 Å². The molecule has 0 amide bonds. The summed E-state index contributed by atoms with van der Waals surface area (Å²) in [6, 6.07) is 18.0. The SMILES string of the molecule is CC(CCNCc1ccc(Cl)cc1)COc1cccc2ncccc12. The van der Waals surface area contributed by atoms with E-state index in [1.54, 1.807) is 6.20 Å². The first-order valence-corrected chi connectivity index (χ1v) is 9.02. The molecule has 3 nitrogen and oxygen atoms in total. The van der Waals surface area contributed by atoms with Crippen LogP contribution in [0.2, 0.25) is 5.02 Å². The van der Waals surface area contributed by atoms with E-state index in [1.165, 1.54) is 5.56 Å². The van der Waals surface area contributed by atoms with Crippen molar-refractivity contribution in [3.63, 3.8) is 0 Å². The van der Waals surface area contributed by atoms with Crippen molar-refractivity contribution in [3.05, 3.63) is 71.4 Å². The number of pyridine rings is 1. The second-order valence-electron chi connectivity index (χ2n) is 6.33. The van der Waals surface area contributed by atoms with E-state index in [9.17, 15) is 0 Å². The molecule has 1 atom stereocenters. The van der Waals surface area contributed by atoms with Crippen molar-refractivity contribution in [1.29, 1.82) is 0 Å². The van der Waals surface area contributed by atoms with Crippen LogP contribution < -0.4 is 10.1 Å². The molecule has 3 rings (SSSR count). The summed E-state index contributed by atoms with van der Waals surface area (Å²) in [7, 11) is 0. The topological polar surface area (TPSA) is 34.1 Å². The number of benzene rings is 2. The van der Waals surface area contributed by atoms with E-state index in [4.69, 9.17) is 16.3 Å². The summed E-state index contributed by atoms with van der Waals surface area (Å²) >= 11 is 5.90. The molecule has 0 saturated heterocycles. The van der Waals surface area contributed by atoms with Crippen LogP contribution in [0.25, 0.3) is 10.9 Å². The van der Waals surface area contributed by atoms with Crippen LogP contribution in [0.1, 0.15) is 18.9 Å². The zero-order chi connectivity index (χ0) is 17.5. The molecule has 2 aromatic carbocycles. The highest BCUT2D eigenvalue weighted by molar-refractivity contribution is 6.30. The molecule has 1 N–H and O–H groups in total. The summed E-state index contributed by atoms with van der Waals surface area (Å²) in [4.78, 5) is 4.37. The summed E-state index contributed by atoms with van der Waals surface area (Å²) in [6.45, 7) is 4.74. The third-order valence-corrected chi connectivity index (χ3v) is 4.44. The minimum Gasteiger partial charge on any atom is -0.493 e. The Morgan fingerprint density at radius 1 is 1.08 bits per heavy atom. The second-order valence-corrected chi connectivity index (χ2v) is 6.77. The van der Waals surface area contributed by atoms with Gasteiger partial charge in [-0.15, -0.1) is 0 Å². The summed E-state index contributed by atoms with van der Waals surface area (Å²) in [5.74, 6) is 1.39. The van der Waals surface area contributed by atoms with Gasteiger partial charge in [-0.25, -0.2) is 0 Å². The molecule has 0 spiro atoms. The Labute approximate surface area is 154 Å². The first-order chi connectivity index (χ1) is 12.2. The highest BCUT2D eigenvalue weighted by Gasteiger charge is 2.06. The molecule has 1 heterocycles. The molecular formula is C21H23ClN2O. The van der Waals surface area contributed by atoms with Gasteiger partial charge < -0.3 is 10.1 Å². The van der Waals surface area contributed by atoms with Crippen molar-refractivity contribution in [2.24, 2.45) is 5.92 Å². The summed E-state index contributed by atoms with van der Waals surface area (Å²) in [5.41, 5.74) is 2.22. The molecule has 0 bridgehead atoms. The zero-order valence-electron chi connectivity index (χ0n) is 14.4. The molecule has 130 valence electrons. The lowest BCUT2D eigenvalue weighted by Gasteiger charge is -2.15. The van der Waals surface area contributed by atoms with Gasteiger partial charge in [0.2, 0.25) is 0 Å². The number of hydrogen-bond acceptors (Lipinski definition) is 3. The molecule has 3 aromatic rings. The molecule has 4 heteroatoms. The number of halogens is 1. The molecule has 0 radical (unpaired) electrons. The van der Waals surface area contributed by atoms with Gasteiger partial charge in [-0.3, -0.25) is 4.98 Å². The van der Waals surface area contributed by atoms with E-state index >= 15 is 0 Å². The monoisotopic (exact) mass is 354 g/mol. The summed E-state index contributed by atoms with van der Waals surface area (Å²) in [5, 5.41) is 5.31. The Kier molecular flexibility index (Phi) is 6.26. The van der Waals surface area contributed by atoms with Crippen LogP contribution >= 0.6 is 11.6 Å². The highest BCUT2D eigenvalue weighted by Crippen LogP contribution is 2.24. The second kappa shape index (κ2) is 8.84. The molecule has 1 unspecified atom stereocenters. The third kappa shape index (κ3) is 5.18. The largest absolute Gasteiger partial charge is 0.493 e. The van der Waals surface area contributed by atoms with Gasteiger partial charge in [0, 0.05) is 23.2 Å². The highest BCUT2D eigenvalue weighted by atomic mass is 35.5. The lowest BCUT2D eigenvalue weighted by Crippen LogP contribution is -2.19. The minimum atomic E-state index is 0.477. The van der Waals surface area contributed by atoms with Crippen molar-refractivity contribution in [1.82, 2.24) is 10.3 Å². The molecule has 0 aliphatic rings. The normalized spacial score (nSPS) is 12.2. The van der Waals surface area contributed by atoms with E-state index in [1.807, 2.05) is 36.4 Å². The number of fused-ring (bicyclic) bond motifs is 1. The number of rotatable bonds is 8. The van der Waals surface area contributed by atoms with Crippen LogP contribution in [0.15, 0.2) is 60.8 Å². The molecule has 0 aliphatic carbocycles. The van der Waals surface area contributed by atoms with Gasteiger partial charge in [-0.1, -0.05) is 36.7 Å². The van der Waals surface area contributed by atoms with Crippen molar-refractivity contribution in [2.45, 2.75) is 19.9 Å². The maximum Gasteiger partial charge on any atom is 0.128 e. The lowest BCUT2D eigenvalue weighted by molar-refractivity contribution is 0.254. The first kappa shape index (κ1) is 17.7. The Balaban J connectivity index is 1.42. The van der Waals surface area contributed by atoms with Crippen LogP contribution in [0.3, 0.4) is 0 Å². The molecule has 0 fully saturated rings. The standard InChI is InChI=1S/C21H23ClN2O/c1-16(11-13-23-14-17-7-9-18(22)10-8-17)15-25-21-6-2-5-20-19(21)4-3-12-24-20/h2-10,12,16,23H,11,13-15H2,1H3. The fourth-order valence-corrected chi connectivity index (χ4v) is 2.83. The van der Waals surface area contributed by atoms with Crippen LogP contribution in [-0.4, -0.2) is 18.1 Å². The molecular weight excluding hydrogens is 332 g/mol. The lowest BCUT2D eigenvalue weighted by atomic mass is 10.1. The van der Waals surface area contributed by atoms with Crippen molar-refractivity contribution in [3.8, 4) is 5.75 Å². The van der Waals surface area contributed by atoms with E-state index < -0.39 is 0 Å². The molecule has 0 aliphatic heterocycles. The van der Waals surface area contributed by atoms with Gasteiger partial charge in [0.1, 0.15) is 5.75 Å². The van der Waals surface area contributed by atoms with Gasteiger partial charge in [0.15, 0.2) is 0 Å². The zero-order valence-corrected chi connectivity index (χ0v) is 15.2. The van der Waals surface area contributed by atoms with Crippen molar-refractivity contribution in [2.75, 3.05) is 13.2 Å². The molecule has 1 aromatic heterocycles. The Bertz CT molecular complexity index is 799. The van der Waals surface area contributed by atoms with Crippen LogP contribution in [0.5, 0.6) is 5.75 Å². The van der Waals surface area contributed by atoms with Gasteiger partial charge in [-0.2, -0.15) is 0 Å². The van der Waals surface area contributed by atoms with Crippen molar-refractivity contribution < 1.29 is 4.74 Å². The third-order valence-electron chi connectivity index (χ3n) is 4.19. The first-order valence-electron chi connectivity index (χ1n) is 8.64. The predicted octanol–water partition coefficient (Wildman–Crippen LogP) is 5.08. The Morgan fingerprint density at radius 3 is 2.76 bits per heavy atom. The summed E-state index contributed by atoms with van der Waals surface area (Å²) in [6.07, 6.45) is 2.87. The minimum absolute atomic E-state index is 0.477. The fourth-order valence-electron chi connectivity index (χ4n) is 2.70. The average molecular weight is 355 g/mol. The maximum atomic E-state index is 6.03. The van der Waals surface area contributed by atoms with Gasteiger partial charge in [0.25, 0.3) is 0 Å². The average Bonchev–Trinajstić information content (AvgIpc) is 2.65. The number of ether oxygens (including phenoxy) is 1. The Hall–Kier alpha value is -2.10. The van der Waals surface area contributed by atoms with Gasteiger partial charge in [0.05, 0.1) is 12.1 Å². The van der Waals surface area contributed by atoms with Crippen LogP contribution in [0.4, 0.5) is 0 Å². The van der Waals surface area contributed by atoms with Gasteiger partial charge in [-0.05, 0) is 60.8 Å². The number of nitrogens with one attached hydrogen (secondary N) is 1. The maximum absolute atomic E-state index is 6.03. The number of hydrogen-bond donors (Lipinski definition) is 1. The van der Waals surface area contributed by atoms with Crippen LogP contribution in [0, 0.1) is 5.92 Å². The van der Waals surface area contributed by atoms with Gasteiger partial charge >= 0.3 is 0 Å².